The van der Waals surface area contributed by atoms with Crippen molar-refractivity contribution in [1.82, 2.24) is 10.2 Å². The second-order valence-electron chi connectivity index (χ2n) is 8.97. The molecule has 0 spiro atoms. The number of thiocarbonyl (C=S) groups is 1. The number of fused-ring (bicyclic) bond motifs is 4. The first-order valence-corrected chi connectivity index (χ1v) is 12.1. The molecule has 2 aromatic carbocycles. The van der Waals surface area contributed by atoms with E-state index in [2.05, 4.69) is 16.7 Å². The second-order valence-corrected chi connectivity index (χ2v) is 9.36. The minimum atomic E-state index is -1.01. The van der Waals surface area contributed by atoms with Crippen molar-refractivity contribution in [3.05, 3.63) is 53.1 Å². The summed E-state index contributed by atoms with van der Waals surface area (Å²) in [7, 11) is 1.67. The van der Waals surface area contributed by atoms with Crippen molar-refractivity contribution in [3.63, 3.8) is 0 Å². The highest BCUT2D eigenvalue weighted by atomic mass is 32.1. The van der Waals surface area contributed by atoms with E-state index in [1.807, 2.05) is 62.9 Å². The molecule has 0 aromatic heterocycles. The first-order valence-electron chi connectivity index (χ1n) is 11.7. The van der Waals surface area contributed by atoms with E-state index in [9.17, 15) is 4.79 Å². The first kappa shape index (κ1) is 24.3. The van der Waals surface area contributed by atoms with Gasteiger partial charge >= 0.3 is 0 Å². The lowest BCUT2D eigenvalue weighted by Gasteiger charge is -2.56. The number of carbonyl (C=O) groups excluding carboxylic acids is 1. The molecule has 0 radical (unpaired) electrons. The van der Waals surface area contributed by atoms with Gasteiger partial charge in [-0.3, -0.25) is 4.79 Å². The number of hydrogen-bond acceptors (Lipinski definition) is 5. The summed E-state index contributed by atoms with van der Waals surface area (Å²) in [6, 6.07) is 11.4. The van der Waals surface area contributed by atoms with Crippen molar-refractivity contribution in [3.8, 4) is 11.5 Å². The van der Waals surface area contributed by atoms with Gasteiger partial charge in [0.2, 0.25) is 5.91 Å². The fourth-order valence-corrected chi connectivity index (χ4v) is 5.36. The zero-order valence-electron chi connectivity index (χ0n) is 20.4. The van der Waals surface area contributed by atoms with Gasteiger partial charge in [-0.2, -0.15) is 0 Å². The summed E-state index contributed by atoms with van der Waals surface area (Å²) >= 11 is 5.75. The van der Waals surface area contributed by atoms with Crippen LogP contribution in [0.3, 0.4) is 0 Å². The quantitative estimate of drug-likeness (QED) is 0.428. The van der Waals surface area contributed by atoms with Crippen molar-refractivity contribution in [2.75, 3.05) is 32.2 Å². The number of rotatable bonds is 8. The molecule has 0 aliphatic carbocycles. The van der Waals surface area contributed by atoms with Crippen LogP contribution in [-0.2, 0) is 9.53 Å². The Labute approximate surface area is 206 Å². The summed E-state index contributed by atoms with van der Waals surface area (Å²) in [6.07, 6.45) is 0.743. The molecule has 182 valence electrons. The zero-order valence-corrected chi connectivity index (χ0v) is 21.3. The van der Waals surface area contributed by atoms with Crippen LogP contribution in [0, 0.1) is 19.8 Å². The molecule has 1 fully saturated rings. The number of benzene rings is 2. The largest absolute Gasteiger partial charge is 0.490 e. The third-order valence-electron chi connectivity index (χ3n) is 6.58. The Hall–Kier alpha value is -2.84. The minimum Gasteiger partial charge on any atom is -0.490 e. The summed E-state index contributed by atoms with van der Waals surface area (Å²) < 4.78 is 17.8. The lowest BCUT2D eigenvalue weighted by atomic mass is 9.78. The molecule has 1 amide bonds. The molecule has 2 heterocycles. The molecule has 0 unspecified atom stereocenters. The van der Waals surface area contributed by atoms with Gasteiger partial charge < -0.3 is 29.7 Å². The molecular formula is C26H33N3O4S. The summed E-state index contributed by atoms with van der Waals surface area (Å²) in [5.74, 6) is 0.626. The van der Waals surface area contributed by atoms with Crippen molar-refractivity contribution in [2.45, 2.75) is 45.9 Å². The average molecular weight is 484 g/mol. The maximum Gasteiger partial charge on any atom is 0.236 e. The van der Waals surface area contributed by atoms with E-state index in [1.165, 1.54) is 0 Å². The summed E-state index contributed by atoms with van der Waals surface area (Å²) in [5.41, 5.74) is 2.81. The Bertz CT molecular complexity index is 1090. The van der Waals surface area contributed by atoms with Crippen LogP contribution >= 0.6 is 12.2 Å². The van der Waals surface area contributed by atoms with Crippen LogP contribution in [0.15, 0.2) is 36.4 Å². The van der Waals surface area contributed by atoms with Crippen LogP contribution in [0.25, 0.3) is 0 Å². The van der Waals surface area contributed by atoms with Crippen LogP contribution in [0.4, 0.5) is 5.69 Å². The van der Waals surface area contributed by atoms with Gasteiger partial charge in [-0.05, 0) is 64.0 Å². The summed E-state index contributed by atoms with van der Waals surface area (Å²) in [5, 5.41) is 7.15. The molecule has 2 aliphatic rings. The van der Waals surface area contributed by atoms with Crippen LogP contribution in [0.1, 0.15) is 43.0 Å². The summed E-state index contributed by atoms with van der Waals surface area (Å²) in [6.45, 7) is 9.60. The fraction of sp³-hybridized carbons (Fsp3) is 0.462. The molecule has 3 atom stereocenters. The second kappa shape index (κ2) is 9.80. The van der Waals surface area contributed by atoms with Crippen LogP contribution in [-0.4, -0.2) is 48.5 Å². The lowest BCUT2D eigenvalue weighted by Crippen LogP contribution is -2.71. The van der Waals surface area contributed by atoms with Gasteiger partial charge in [-0.15, -0.1) is 0 Å². The maximum atomic E-state index is 13.9. The summed E-state index contributed by atoms with van der Waals surface area (Å²) in [4.78, 5) is 15.8. The molecular weight excluding hydrogens is 450 g/mol. The number of aryl methyl sites for hydroxylation is 2. The number of nitrogens with one attached hydrogen (secondary N) is 2. The van der Waals surface area contributed by atoms with Crippen molar-refractivity contribution >= 4 is 28.9 Å². The number of anilines is 1. The van der Waals surface area contributed by atoms with Gasteiger partial charge in [-0.1, -0.05) is 29.8 Å². The molecule has 1 saturated heterocycles. The Morgan fingerprint density at radius 3 is 2.79 bits per heavy atom. The molecule has 0 saturated carbocycles. The van der Waals surface area contributed by atoms with E-state index in [1.54, 1.807) is 7.11 Å². The average Bonchev–Trinajstić information content (AvgIpc) is 2.78. The van der Waals surface area contributed by atoms with Gasteiger partial charge in [0.05, 0.1) is 12.6 Å². The van der Waals surface area contributed by atoms with E-state index < -0.39 is 11.6 Å². The number of hydrogen-bond donors (Lipinski definition) is 2. The van der Waals surface area contributed by atoms with Crippen LogP contribution < -0.4 is 20.1 Å². The number of amides is 1. The van der Waals surface area contributed by atoms with Gasteiger partial charge in [0.15, 0.2) is 22.3 Å². The number of ether oxygens (including phenoxy) is 3. The standard InChI is InChI=1S/C26H33N3O4S/c1-6-32-20-10-7-9-18-22-21(24(30)27-19-12-11-16(2)15-17(19)3)26(4,33-23(18)20)29(25(34)28-22)13-8-14-31-5/h7,9-12,15,21-22H,6,8,13-14H2,1-5H3,(H,27,30)(H,28,34)/t21-,22+,26+/m1/s1. The lowest BCUT2D eigenvalue weighted by molar-refractivity contribution is -0.150. The zero-order chi connectivity index (χ0) is 24.5. The number of nitrogens with zero attached hydrogens (tertiary/aromatic N) is 1. The maximum absolute atomic E-state index is 13.9. The Kier molecular flexibility index (Phi) is 7.00. The third kappa shape index (κ3) is 4.32. The first-order chi connectivity index (χ1) is 16.3. The van der Waals surface area contributed by atoms with Gasteiger partial charge in [0.1, 0.15) is 5.92 Å². The Morgan fingerprint density at radius 2 is 2.09 bits per heavy atom. The SMILES string of the molecule is CCOc1cccc2c1O[C@@]1(C)[C@@H](C(=O)Nc3ccc(C)cc3C)[C@H]2NC(=S)N1CCCOC. The topological polar surface area (TPSA) is 72.1 Å². The van der Waals surface area contributed by atoms with Gasteiger partial charge in [0, 0.05) is 31.5 Å². The normalized spacial score (nSPS) is 23.0. The van der Waals surface area contributed by atoms with E-state index in [0.717, 1.165) is 28.8 Å². The predicted molar refractivity (Wildman–Crippen MR) is 136 cm³/mol. The molecule has 2 aromatic rings. The van der Waals surface area contributed by atoms with Crippen LogP contribution in [0.2, 0.25) is 0 Å². The van der Waals surface area contributed by atoms with E-state index in [-0.39, 0.29) is 11.9 Å². The Balaban J connectivity index is 1.76. The molecule has 34 heavy (non-hydrogen) atoms. The van der Waals surface area contributed by atoms with E-state index in [0.29, 0.717) is 36.4 Å². The molecule has 7 nitrogen and oxygen atoms in total. The number of methoxy groups -OCH3 is 1. The number of para-hydroxylation sites is 1. The fourth-order valence-electron chi connectivity index (χ4n) is 4.96. The van der Waals surface area contributed by atoms with Crippen molar-refractivity contribution < 1.29 is 19.0 Å². The molecule has 2 aliphatic heterocycles. The highest BCUT2D eigenvalue weighted by Crippen LogP contribution is 2.51. The number of carbonyl (C=O) groups is 1. The molecule has 2 N–H and O–H groups in total. The van der Waals surface area contributed by atoms with E-state index in [4.69, 9.17) is 26.4 Å². The smallest absolute Gasteiger partial charge is 0.236 e. The van der Waals surface area contributed by atoms with Crippen molar-refractivity contribution in [2.24, 2.45) is 5.92 Å². The molecule has 4 rings (SSSR count). The third-order valence-corrected chi connectivity index (χ3v) is 6.91. The highest BCUT2D eigenvalue weighted by Gasteiger charge is 2.59. The molecule has 2 bridgehead atoms. The van der Waals surface area contributed by atoms with Gasteiger partial charge in [0.25, 0.3) is 0 Å². The van der Waals surface area contributed by atoms with Crippen molar-refractivity contribution in [1.29, 1.82) is 0 Å². The molecule has 8 heteroatoms. The van der Waals surface area contributed by atoms with E-state index >= 15 is 0 Å². The van der Waals surface area contributed by atoms with Crippen LogP contribution in [0.5, 0.6) is 11.5 Å². The highest BCUT2D eigenvalue weighted by molar-refractivity contribution is 7.80. The Morgan fingerprint density at radius 1 is 1.29 bits per heavy atom. The van der Waals surface area contributed by atoms with Gasteiger partial charge in [-0.25, -0.2) is 0 Å². The monoisotopic (exact) mass is 483 g/mol. The minimum absolute atomic E-state index is 0.126. The predicted octanol–water partition coefficient (Wildman–Crippen LogP) is 4.33.